The van der Waals surface area contributed by atoms with E-state index in [1.807, 2.05) is 30.3 Å². The number of methoxy groups -OCH3 is 2. The van der Waals surface area contributed by atoms with Crippen molar-refractivity contribution in [1.29, 1.82) is 0 Å². The standard InChI is InChI=1S/C23H31ClN4O2.HI/c1-25-23(26-12-10-18-8-9-19(29-2)14-20(18)24)27-15-17-11-13-28(16-17)21-6-4-5-7-22(21)30-3;/h4-9,14,17H,10-13,15-16H2,1-3H3,(H2,25,26,27);1H. The number of guanidine groups is 1. The van der Waals surface area contributed by atoms with Gasteiger partial charge in [-0.25, -0.2) is 0 Å². The summed E-state index contributed by atoms with van der Waals surface area (Å²) < 4.78 is 10.7. The van der Waals surface area contributed by atoms with Crippen LogP contribution in [0.25, 0.3) is 0 Å². The van der Waals surface area contributed by atoms with E-state index in [1.54, 1.807) is 21.3 Å². The van der Waals surface area contributed by atoms with E-state index in [9.17, 15) is 0 Å². The Morgan fingerprint density at radius 1 is 1.16 bits per heavy atom. The van der Waals surface area contributed by atoms with Crippen molar-refractivity contribution < 1.29 is 9.47 Å². The second-order valence-electron chi connectivity index (χ2n) is 7.36. The summed E-state index contributed by atoms with van der Waals surface area (Å²) in [5, 5.41) is 7.56. The van der Waals surface area contributed by atoms with E-state index in [2.05, 4.69) is 32.7 Å². The van der Waals surface area contributed by atoms with Crippen LogP contribution in [-0.2, 0) is 6.42 Å². The highest BCUT2D eigenvalue weighted by atomic mass is 127. The van der Waals surface area contributed by atoms with Gasteiger partial charge < -0.3 is 25.0 Å². The Hall–Kier alpha value is -1.87. The van der Waals surface area contributed by atoms with Gasteiger partial charge in [0.1, 0.15) is 11.5 Å². The first-order valence-corrected chi connectivity index (χ1v) is 10.7. The number of rotatable bonds is 8. The molecule has 0 radical (unpaired) electrons. The number of ether oxygens (including phenoxy) is 2. The number of aliphatic imine (C=N–C) groups is 1. The fourth-order valence-corrected chi connectivity index (χ4v) is 4.01. The molecule has 2 aromatic rings. The molecule has 8 heteroatoms. The summed E-state index contributed by atoms with van der Waals surface area (Å²) in [6.45, 7) is 3.68. The van der Waals surface area contributed by atoms with Crippen molar-refractivity contribution >= 4 is 47.2 Å². The Labute approximate surface area is 207 Å². The number of nitrogens with zero attached hydrogens (tertiary/aromatic N) is 2. The molecule has 0 bridgehead atoms. The maximum absolute atomic E-state index is 6.32. The normalized spacial score (nSPS) is 15.9. The average Bonchev–Trinajstić information content (AvgIpc) is 3.25. The molecule has 1 atom stereocenters. The van der Waals surface area contributed by atoms with Gasteiger partial charge in [0, 0.05) is 38.2 Å². The minimum Gasteiger partial charge on any atom is -0.497 e. The number of hydrogen-bond donors (Lipinski definition) is 2. The van der Waals surface area contributed by atoms with E-state index < -0.39 is 0 Å². The Kier molecular flexibility index (Phi) is 10.5. The number of halogens is 2. The molecule has 2 aromatic carbocycles. The van der Waals surface area contributed by atoms with E-state index >= 15 is 0 Å². The van der Waals surface area contributed by atoms with Crippen LogP contribution in [-0.4, -0.2) is 53.4 Å². The molecular formula is C23H32ClIN4O2. The molecule has 1 aliphatic heterocycles. The molecule has 3 rings (SSSR count). The highest BCUT2D eigenvalue weighted by molar-refractivity contribution is 14.0. The fourth-order valence-electron chi connectivity index (χ4n) is 3.74. The summed E-state index contributed by atoms with van der Waals surface area (Å²) in [7, 11) is 5.16. The average molecular weight is 559 g/mol. The summed E-state index contributed by atoms with van der Waals surface area (Å²) in [5.41, 5.74) is 2.25. The van der Waals surface area contributed by atoms with Crippen LogP contribution in [0.2, 0.25) is 5.02 Å². The predicted molar refractivity (Wildman–Crippen MR) is 140 cm³/mol. The molecule has 0 amide bonds. The zero-order chi connectivity index (χ0) is 21.3. The van der Waals surface area contributed by atoms with Crippen molar-refractivity contribution in [2.45, 2.75) is 12.8 Å². The predicted octanol–water partition coefficient (Wildman–Crippen LogP) is 4.21. The highest BCUT2D eigenvalue weighted by Gasteiger charge is 2.24. The van der Waals surface area contributed by atoms with Crippen molar-refractivity contribution in [3.63, 3.8) is 0 Å². The smallest absolute Gasteiger partial charge is 0.190 e. The van der Waals surface area contributed by atoms with E-state index in [0.717, 1.165) is 67.1 Å². The van der Waals surface area contributed by atoms with Gasteiger partial charge in [-0.15, -0.1) is 24.0 Å². The first-order valence-electron chi connectivity index (χ1n) is 10.3. The molecule has 170 valence electrons. The molecule has 6 nitrogen and oxygen atoms in total. The van der Waals surface area contributed by atoms with Crippen molar-refractivity contribution in [3.05, 3.63) is 53.1 Å². The summed E-state index contributed by atoms with van der Waals surface area (Å²) in [6, 6.07) is 14.0. The summed E-state index contributed by atoms with van der Waals surface area (Å²) in [5.74, 6) is 3.08. The monoisotopic (exact) mass is 558 g/mol. The Morgan fingerprint density at radius 3 is 2.68 bits per heavy atom. The molecule has 0 aliphatic carbocycles. The van der Waals surface area contributed by atoms with Gasteiger partial charge in [-0.05, 0) is 48.6 Å². The third kappa shape index (κ3) is 7.07. The van der Waals surface area contributed by atoms with Gasteiger partial charge in [-0.2, -0.15) is 0 Å². The molecule has 0 aromatic heterocycles. The number of benzene rings is 2. The molecule has 0 spiro atoms. The number of hydrogen-bond acceptors (Lipinski definition) is 4. The SMILES string of the molecule is CN=C(NCCc1ccc(OC)cc1Cl)NCC1CCN(c2ccccc2OC)C1.I. The molecule has 1 unspecified atom stereocenters. The first-order chi connectivity index (χ1) is 14.6. The van der Waals surface area contributed by atoms with Crippen LogP contribution >= 0.6 is 35.6 Å². The third-order valence-electron chi connectivity index (χ3n) is 5.44. The van der Waals surface area contributed by atoms with Crippen molar-refractivity contribution in [3.8, 4) is 11.5 Å². The van der Waals surface area contributed by atoms with Crippen molar-refractivity contribution in [2.75, 3.05) is 52.3 Å². The molecule has 2 N–H and O–H groups in total. The van der Waals surface area contributed by atoms with E-state index in [0.29, 0.717) is 5.92 Å². The molecule has 1 aliphatic rings. The van der Waals surface area contributed by atoms with Gasteiger partial charge in [-0.1, -0.05) is 29.8 Å². The van der Waals surface area contributed by atoms with Crippen LogP contribution in [0.3, 0.4) is 0 Å². The van der Waals surface area contributed by atoms with Gasteiger partial charge in [0.25, 0.3) is 0 Å². The zero-order valence-electron chi connectivity index (χ0n) is 18.4. The van der Waals surface area contributed by atoms with Crippen molar-refractivity contribution in [2.24, 2.45) is 10.9 Å². The summed E-state index contributed by atoms with van der Waals surface area (Å²) in [6.07, 6.45) is 1.96. The molecular weight excluding hydrogens is 527 g/mol. The second kappa shape index (κ2) is 12.9. The molecule has 1 heterocycles. The van der Waals surface area contributed by atoms with Crippen LogP contribution in [0.4, 0.5) is 5.69 Å². The Morgan fingerprint density at radius 2 is 1.97 bits per heavy atom. The van der Waals surface area contributed by atoms with Crippen LogP contribution < -0.4 is 25.0 Å². The first kappa shape index (κ1) is 25.4. The lowest BCUT2D eigenvalue weighted by Crippen LogP contribution is -2.41. The largest absolute Gasteiger partial charge is 0.497 e. The third-order valence-corrected chi connectivity index (χ3v) is 5.79. The number of nitrogens with one attached hydrogen (secondary N) is 2. The lowest BCUT2D eigenvalue weighted by atomic mass is 10.1. The van der Waals surface area contributed by atoms with Crippen LogP contribution in [0.15, 0.2) is 47.5 Å². The highest BCUT2D eigenvalue weighted by Crippen LogP contribution is 2.31. The summed E-state index contributed by atoms with van der Waals surface area (Å²) in [4.78, 5) is 6.74. The van der Waals surface area contributed by atoms with Gasteiger partial charge in [0.2, 0.25) is 0 Å². The van der Waals surface area contributed by atoms with Gasteiger partial charge >= 0.3 is 0 Å². The van der Waals surface area contributed by atoms with Gasteiger partial charge in [0.15, 0.2) is 5.96 Å². The van der Waals surface area contributed by atoms with E-state index in [4.69, 9.17) is 21.1 Å². The van der Waals surface area contributed by atoms with E-state index in [1.165, 1.54) is 5.69 Å². The maximum Gasteiger partial charge on any atom is 0.190 e. The van der Waals surface area contributed by atoms with Gasteiger partial charge in [-0.3, -0.25) is 4.99 Å². The quantitative estimate of drug-likeness (QED) is 0.289. The lowest BCUT2D eigenvalue weighted by Gasteiger charge is -2.21. The second-order valence-corrected chi connectivity index (χ2v) is 7.77. The molecule has 31 heavy (non-hydrogen) atoms. The molecule has 1 fully saturated rings. The Balaban J connectivity index is 0.00000341. The Bertz CT molecular complexity index is 865. The van der Waals surface area contributed by atoms with E-state index in [-0.39, 0.29) is 24.0 Å². The van der Waals surface area contributed by atoms with Crippen LogP contribution in [0.1, 0.15) is 12.0 Å². The fraction of sp³-hybridized carbons (Fsp3) is 0.435. The maximum atomic E-state index is 6.32. The minimum atomic E-state index is 0. The van der Waals surface area contributed by atoms with Crippen molar-refractivity contribution in [1.82, 2.24) is 10.6 Å². The molecule has 1 saturated heterocycles. The summed E-state index contributed by atoms with van der Waals surface area (Å²) >= 11 is 6.32. The number of para-hydroxylation sites is 2. The zero-order valence-corrected chi connectivity index (χ0v) is 21.4. The van der Waals surface area contributed by atoms with Crippen LogP contribution in [0, 0.1) is 5.92 Å². The lowest BCUT2D eigenvalue weighted by molar-refractivity contribution is 0.414. The number of anilines is 1. The topological polar surface area (TPSA) is 58.1 Å². The minimum absolute atomic E-state index is 0. The molecule has 0 saturated carbocycles. The van der Waals surface area contributed by atoms with Gasteiger partial charge in [0.05, 0.1) is 19.9 Å². The van der Waals surface area contributed by atoms with Crippen LogP contribution in [0.5, 0.6) is 11.5 Å².